The van der Waals surface area contributed by atoms with E-state index in [0.717, 1.165) is 61.7 Å². The second-order valence-electron chi connectivity index (χ2n) is 11.9. The van der Waals surface area contributed by atoms with E-state index in [9.17, 15) is 13.2 Å². The van der Waals surface area contributed by atoms with Gasteiger partial charge >= 0.3 is 0 Å². The zero-order valence-electron chi connectivity index (χ0n) is 23.9. The first-order valence-electron chi connectivity index (χ1n) is 14.7. The Kier molecular flexibility index (Phi) is 7.41. The van der Waals surface area contributed by atoms with Gasteiger partial charge in [-0.15, -0.1) is 0 Å². The van der Waals surface area contributed by atoms with Crippen molar-refractivity contribution >= 4 is 33.2 Å². The molecule has 2 aromatic heterocycles. The van der Waals surface area contributed by atoms with Crippen molar-refractivity contribution in [3.05, 3.63) is 53.7 Å². The SMILES string of the molecule is CN1CCCCS(=O)(=O)NC(C)(c2ccccc2)C(=O)N2CCCC[C@H]2c2cc3nc(N4CCC(N)C4)cc1n3n2. The molecule has 2 fully saturated rings. The molecule has 6 rings (SSSR count). The average Bonchev–Trinajstić information content (AvgIpc) is 3.60. The van der Waals surface area contributed by atoms with Gasteiger partial charge in [-0.2, -0.15) is 14.3 Å². The second kappa shape index (κ2) is 10.9. The summed E-state index contributed by atoms with van der Waals surface area (Å²) in [6.45, 7) is 4.46. The topological polar surface area (TPSA) is 129 Å². The fourth-order valence-corrected chi connectivity index (χ4v) is 7.95. The minimum atomic E-state index is -3.76. The molecular formula is C29H40N8O3S. The summed E-state index contributed by atoms with van der Waals surface area (Å²) in [6, 6.07) is 13.0. The zero-order valence-corrected chi connectivity index (χ0v) is 24.7. The lowest BCUT2D eigenvalue weighted by Crippen LogP contribution is -2.57. The fourth-order valence-electron chi connectivity index (χ4n) is 6.44. The van der Waals surface area contributed by atoms with Crippen molar-refractivity contribution in [2.45, 2.75) is 63.1 Å². The number of rotatable bonds is 2. The van der Waals surface area contributed by atoms with Crippen molar-refractivity contribution in [3.8, 4) is 0 Å². The molecule has 0 aliphatic carbocycles. The van der Waals surface area contributed by atoms with Crippen molar-refractivity contribution in [3.63, 3.8) is 0 Å². The van der Waals surface area contributed by atoms with Crippen LogP contribution in [0.5, 0.6) is 0 Å². The summed E-state index contributed by atoms with van der Waals surface area (Å²) < 4.78 is 31.5. The Morgan fingerprint density at radius 1 is 1.02 bits per heavy atom. The number of nitrogens with two attached hydrogens (primary N) is 1. The van der Waals surface area contributed by atoms with Crippen LogP contribution in [0.25, 0.3) is 5.65 Å². The van der Waals surface area contributed by atoms with Crippen LogP contribution < -0.4 is 20.3 Å². The van der Waals surface area contributed by atoms with Gasteiger partial charge in [-0.1, -0.05) is 30.3 Å². The van der Waals surface area contributed by atoms with Gasteiger partial charge < -0.3 is 20.4 Å². The molecule has 3 N–H and O–H groups in total. The van der Waals surface area contributed by atoms with E-state index in [-0.39, 0.29) is 23.7 Å². The zero-order chi connectivity index (χ0) is 28.8. The van der Waals surface area contributed by atoms with Crippen LogP contribution in [0.2, 0.25) is 0 Å². The van der Waals surface area contributed by atoms with Gasteiger partial charge in [-0.3, -0.25) is 4.79 Å². The summed E-state index contributed by atoms with van der Waals surface area (Å²) >= 11 is 0. The highest BCUT2D eigenvalue weighted by Crippen LogP contribution is 2.36. The van der Waals surface area contributed by atoms with Gasteiger partial charge in [0.1, 0.15) is 17.2 Å². The molecule has 0 saturated carbocycles. The number of carbonyl (C=O) groups excluding carboxylic acids is 1. The predicted molar refractivity (Wildman–Crippen MR) is 159 cm³/mol. The normalized spacial score (nSPS) is 27.6. The van der Waals surface area contributed by atoms with Crippen LogP contribution in [0.3, 0.4) is 0 Å². The predicted octanol–water partition coefficient (Wildman–Crippen LogP) is 2.39. The molecule has 1 amide bonds. The number of nitrogens with one attached hydrogen (secondary N) is 1. The summed E-state index contributed by atoms with van der Waals surface area (Å²) in [5, 5.41) is 5.04. The molecule has 2 saturated heterocycles. The first kappa shape index (κ1) is 27.9. The number of sulfonamides is 1. The van der Waals surface area contributed by atoms with Crippen molar-refractivity contribution in [2.75, 3.05) is 48.8 Å². The number of hydrogen-bond acceptors (Lipinski definition) is 8. The van der Waals surface area contributed by atoms with E-state index >= 15 is 0 Å². The third-order valence-corrected chi connectivity index (χ3v) is 10.3. The number of hydrogen-bond donors (Lipinski definition) is 2. The molecule has 0 spiro atoms. The molecule has 5 heterocycles. The Morgan fingerprint density at radius 2 is 1.80 bits per heavy atom. The molecule has 3 aromatic rings. The second-order valence-corrected chi connectivity index (χ2v) is 13.7. The van der Waals surface area contributed by atoms with Crippen molar-refractivity contribution in [1.82, 2.24) is 24.2 Å². The van der Waals surface area contributed by atoms with Gasteiger partial charge in [0.05, 0.1) is 17.5 Å². The molecule has 2 unspecified atom stereocenters. The third-order valence-electron chi connectivity index (χ3n) is 8.75. The molecule has 0 radical (unpaired) electrons. The Hall–Kier alpha value is -3.22. The fraction of sp³-hybridized carbons (Fsp3) is 0.552. The first-order valence-corrected chi connectivity index (χ1v) is 16.3. The van der Waals surface area contributed by atoms with Crippen molar-refractivity contribution < 1.29 is 13.2 Å². The number of carbonyl (C=O) groups is 1. The van der Waals surface area contributed by atoms with Gasteiger partial charge in [0.25, 0.3) is 0 Å². The Bertz CT molecular complexity index is 1530. The number of aromatic nitrogens is 3. The van der Waals surface area contributed by atoms with Crippen molar-refractivity contribution in [2.24, 2.45) is 5.73 Å². The summed E-state index contributed by atoms with van der Waals surface area (Å²) in [5.74, 6) is 1.42. The molecule has 12 heteroatoms. The molecule has 41 heavy (non-hydrogen) atoms. The van der Waals surface area contributed by atoms with Crippen LogP contribution in [-0.2, 0) is 20.4 Å². The quantitative estimate of drug-likeness (QED) is 0.473. The smallest absolute Gasteiger partial charge is 0.248 e. The Morgan fingerprint density at radius 3 is 2.56 bits per heavy atom. The van der Waals surface area contributed by atoms with Gasteiger partial charge in [0.2, 0.25) is 15.9 Å². The van der Waals surface area contributed by atoms with Crippen LogP contribution in [0.1, 0.15) is 62.7 Å². The molecule has 3 atom stereocenters. The molecule has 11 nitrogen and oxygen atoms in total. The summed E-state index contributed by atoms with van der Waals surface area (Å²) in [7, 11) is -1.75. The highest BCUT2D eigenvalue weighted by atomic mass is 32.2. The third kappa shape index (κ3) is 5.40. The average molecular weight is 581 g/mol. The number of piperidine rings is 1. The number of amides is 1. The van der Waals surface area contributed by atoms with E-state index in [1.165, 1.54) is 0 Å². The van der Waals surface area contributed by atoms with Crippen LogP contribution in [0.4, 0.5) is 11.6 Å². The standard InChI is InChI=1S/C29H40N8O3S/c1-29(21-10-4-3-5-11-21)28(38)36-15-7-6-12-24(36)23-18-26-31-25(35-16-13-22(30)20-35)19-27(37(26)32-23)34(2)14-8-9-17-41(39,40)33-29/h3-5,10-11,18-19,22,24,33H,6-9,12-17,20,30H2,1-2H3/t22?,24-,29?/m0/s1. The van der Waals surface area contributed by atoms with Gasteiger partial charge in [-0.25, -0.2) is 13.4 Å². The lowest BCUT2D eigenvalue weighted by atomic mass is 9.89. The molecule has 1 aromatic carbocycles. The number of anilines is 2. The maximum atomic E-state index is 14.5. The number of nitrogens with zero attached hydrogens (tertiary/aromatic N) is 6. The lowest BCUT2D eigenvalue weighted by molar-refractivity contribution is -0.141. The maximum absolute atomic E-state index is 14.5. The van der Waals surface area contributed by atoms with Crippen molar-refractivity contribution in [1.29, 1.82) is 0 Å². The van der Waals surface area contributed by atoms with Gasteiger partial charge in [0.15, 0.2) is 5.65 Å². The van der Waals surface area contributed by atoms with Crippen LogP contribution in [0, 0.1) is 0 Å². The minimum Gasteiger partial charge on any atom is -0.359 e. The number of fused-ring (bicyclic) bond motifs is 3. The summed E-state index contributed by atoms with van der Waals surface area (Å²) in [4.78, 5) is 25.6. The van der Waals surface area contributed by atoms with Crippen LogP contribution >= 0.6 is 0 Å². The van der Waals surface area contributed by atoms with Crippen LogP contribution in [0.15, 0.2) is 42.5 Å². The molecule has 220 valence electrons. The van der Waals surface area contributed by atoms with E-state index in [0.29, 0.717) is 31.5 Å². The van der Waals surface area contributed by atoms with E-state index in [2.05, 4.69) is 20.6 Å². The minimum absolute atomic E-state index is 0.0615. The largest absolute Gasteiger partial charge is 0.359 e. The van der Waals surface area contributed by atoms with E-state index in [4.69, 9.17) is 15.8 Å². The van der Waals surface area contributed by atoms with E-state index in [1.54, 1.807) is 6.92 Å². The highest BCUT2D eigenvalue weighted by molar-refractivity contribution is 7.89. The van der Waals surface area contributed by atoms with E-state index in [1.807, 2.05) is 52.9 Å². The van der Waals surface area contributed by atoms with Gasteiger partial charge in [0, 0.05) is 51.4 Å². The maximum Gasteiger partial charge on any atom is 0.248 e. The monoisotopic (exact) mass is 580 g/mol. The van der Waals surface area contributed by atoms with Gasteiger partial charge in [-0.05, 0) is 51.0 Å². The molecular weight excluding hydrogens is 540 g/mol. The molecule has 3 aliphatic heterocycles. The van der Waals surface area contributed by atoms with E-state index < -0.39 is 15.6 Å². The molecule has 3 aliphatic rings. The highest BCUT2D eigenvalue weighted by Gasteiger charge is 2.45. The Labute approximate surface area is 241 Å². The molecule has 2 bridgehead atoms. The summed E-state index contributed by atoms with van der Waals surface area (Å²) in [6.07, 6.45) is 4.57. The van der Waals surface area contributed by atoms with Crippen LogP contribution in [-0.4, -0.2) is 78.8 Å². The number of benzene rings is 1. The summed E-state index contributed by atoms with van der Waals surface area (Å²) in [5.41, 5.74) is 6.89. The lowest BCUT2D eigenvalue weighted by Gasteiger charge is -2.41. The first-order chi connectivity index (χ1) is 19.6. The Balaban J connectivity index is 1.48.